The third kappa shape index (κ3) is 3.39. The standard InChI is InChI=1S/C18H26N2O/c1-20(13-14-7-3-2-4-8-14)18(21)16-11-15-9-5-6-10-17(15)19-12-16/h5-6,9-10,14,16,19H,2-4,7-8,11-13H2,1H3. The predicted octanol–water partition coefficient (Wildman–Crippen LogP) is 3.31. The van der Waals surface area contributed by atoms with Crippen molar-refractivity contribution < 1.29 is 4.79 Å². The highest BCUT2D eigenvalue weighted by molar-refractivity contribution is 5.80. The van der Waals surface area contributed by atoms with Crippen LogP contribution in [0.2, 0.25) is 0 Å². The molecule has 1 amide bonds. The maximum absolute atomic E-state index is 12.7. The highest BCUT2D eigenvalue weighted by Crippen LogP contribution is 2.27. The van der Waals surface area contributed by atoms with Crippen molar-refractivity contribution in [1.82, 2.24) is 4.90 Å². The summed E-state index contributed by atoms with van der Waals surface area (Å²) in [6.07, 6.45) is 7.51. The lowest BCUT2D eigenvalue weighted by Crippen LogP contribution is -2.41. The van der Waals surface area contributed by atoms with Gasteiger partial charge in [0.15, 0.2) is 0 Å². The number of nitrogens with zero attached hydrogens (tertiary/aromatic N) is 1. The number of carbonyl (C=O) groups excluding carboxylic acids is 1. The van der Waals surface area contributed by atoms with Crippen molar-refractivity contribution >= 4 is 11.6 Å². The predicted molar refractivity (Wildman–Crippen MR) is 86.3 cm³/mol. The van der Waals surface area contributed by atoms with E-state index in [-0.39, 0.29) is 5.92 Å². The van der Waals surface area contributed by atoms with Crippen molar-refractivity contribution in [2.24, 2.45) is 11.8 Å². The molecule has 1 aromatic carbocycles. The highest BCUT2D eigenvalue weighted by Gasteiger charge is 2.28. The summed E-state index contributed by atoms with van der Waals surface area (Å²) < 4.78 is 0. The normalized spacial score (nSPS) is 22.2. The zero-order valence-electron chi connectivity index (χ0n) is 13.0. The van der Waals surface area contributed by atoms with E-state index < -0.39 is 0 Å². The van der Waals surface area contributed by atoms with E-state index >= 15 is 0 Å². The molecule has 0 saturated heterocycles. The SMILES string of the molecule is CN(CC1CCCCC1)C(=O)C1CNc2ccccc2C1. The van der Waals surface area contributed by atoms with Gasteiger partial charge in [-0.3, -0.25) is 4.79 Å². The van der Waals surface area contributed by atoms with Gasteiger partial charge in [0.25, 0.3) is 0 Å². The van der Waals surface area contributed by atoms with Crippen LogP contribution in [0.25, 0.3) is 0 Å². The van der Waals surface area contributed by atoms with Crippen LogP contribution in [0.15, 0.2) is 24.3 Å². The number of anilines is 1. The van der Waals surface area contributed by atoms with Gasteiger partial charge in [-0.15, -0.1) is 0 Å². The van der Waals surface area contributed by atoms with Gasteiger partial charge in [0, 0.05) is 25.8 Å². The van der Waals surface area contributed by atoms with Crippen LogP contribution in [0, 0.1) is 11.8 Å². The maximum Gasteiger partial charge on any atom is 0.227 e. The Morgan fingerprint density at radius 3 is 2.81 bits per heavy atom. The third-order valence-electron chi connectivity index (χ3n) is 5.00. The zero-order valence-corrected chi connectivity index (χ0v) is 13.0. The van der Waals surface area contributed by atoms with Crippen molar-refractivity contribution in [2.45, 2.75) is 38.5 Å². The molecule has 1 unspecified atom stereocenters. The number of benzene rings is 1. The molecule has 2 aliphatic rings. The van der Waals surface area contributed by atoms with E-state index in [4.69, 9.17) is 0 Å². The van der Waals surface area contributed by atoms with Crippen molar-refractivity contribution in [3.05, 3.63) is 29.8 Å². The summed E-state index contributed by atoms with van der Waals surface area (Å²) in [5, 5.41) is 3.40. The van der Waals surface area contributed by atoms with Crippen molar-refractivity contribution in [3.63, 3.8) is 0 Å². The van der Waals surface area contributed by atoms with Crippen LogP contribution in [-0.2, 0) is 11.2 Å². The quantitative estimate of drug-likeness (QED) is 0.924. The fourth-order valence-electron chi connectivity index (χ4n) is 3.77. The van der Waals surface area contributed by atoms with E-state index in [2.05, 4.69) is 23.5 Å². The number of hydrogen-bond donors (Lipinski definition) is 1. The number of hydrogen-bond acceptors (Lipinski definition) is 2. The first kappa shape index (κ1) is 14.4. The highest BCUT2D eigenvalue weighted by atomic mass is 16.2. The Hall–Kier alpha value is -1.51. The molecule has 114 valence electrons. The van der Waals surface area contributed by atoms with Gasteiger partial charge >= 0.3 is 0 Å². The van der Waals surface area contributed by atoms with Crippen LogP contribution in [-0.4, -0.2) is 30.9 Å². The summed E-state index contributed by atoms with van der Waals surface area (Å²) in [5.74, 6) is 1.12. The van der Waals surface area contributed by atoms with Gasteiger partial charge in [0.1, 0.15) is 0 Å². The van der Waals surface area contributed by atoms with E-state index in [0.29, 0.717) is 5.91 Å². The lowest BCUT2D eigenvalue weighted by Gasteiger charge is -2.32. The van der Waals surface area contributed by atoms with Crippen molar-refractivity contribution in [3.8, 4) is 0 Å². The molecule has 0 radical (unpaired) electrons. The molecule has 1 aliphatic carbocycles. The summed E-state index contributed by atoms with van der Waals surface area (Å²) in [4.78, 5) is 14.6. The lowest BCUT2D eigenvalue weighted by molar-refractivity contribution is -0.134. The van der Waals surface area contributed by atoms with Gasteiger partial charge in [-0.25, -0.2) is 0 Å². The topological polar surface area (TPSA) is 32.3 Å². The monoisotopic (exact) mass is 286 g/mol. The molecule has 1 N–H and O–H groups in total. The molecule has 3 rings (SSSR count). The first-order chi connectivity index (χ1) is 10.2. The van der Waals surface area contributed by atoms with Gasteiger partial charge < -0.3 is 10.2 Å². The maximum atomic E-state index is 12.7. The number of para-hydroxylation sites is 1. The Morgan fingerprint density at radius 1 is 1.24 bits per heavy atom. The lowest BCUT2D eigenvalue weighted by atomic mass is 9.88. The van der Waals surface area contributed by atoms with Gasteiger partial charge in [-0.05, 0) is 36.8 Å². The van der Waals surface area contributed by atoms with E-state index in [1.807, 2.05) is 18.0 Å². The number of rotatable bonds is 3. The largest absolute Gasteiger partial charge is 0.384 e. The second-order valence-corrected chi connectivity index (χ2v) is 6.66. The number of carbonyl (C=O) groups is 1. The minimum absolute atomic E-state index is 0.0912. The van der Waals surface area contributed by atoms with E-state index in [9.17, 15) is 4.79 Å². The number of nitrogens with one attached hydrogen (secondary N) is 1. The molecule has 0 aromatic heterocycles. The number of fused-ring (bicyclic) bond motifs is 1. The molecule has 1 aliphatic heterocycles. The molecule has 0 bridgehead atoms. The molecular formula is C18H26N2O. The van der Waals surface area contributed by atoms with Gasteiger partial charge in [-0.1, -0.05) is 37.5 Å². The second kappa shape index (κ2) is 6.50. The molecule has 3 nitrogen and oxygen atoms in total. The Morgan fingerprint density at radius 2 is 2.00 bits per heavy atom. The van der Waals surface area contributed by atoms with E-state index in [1.165, 1.54) is 43.4 Å². The molecule has 1 atom stereocenters. The Labute approximate surface area is 127 Å². The fraction of sp³-hybridized carbons (Fsp3) is 0.611. The van der Waals surface area contributed by atoms with Crippen LogP contribution in [0.3, 0.4) is 0 Å². The first-order valence-electron chi connectivity index (χ1n) is 8.31. The Balaban J connectivity index is 1.58. The van der Waals surface area contributed by atoms with Crippen LogP contribution >= 0.6 is 0 Å². The van der Waals surface area contributed by atoms with Crippen LogP contribution in [0.4, 0.5) is 5.69 Å². The van der Waals surface area contributed by atoms with Gasteiger partial charge in [0.05, 0.1) is 5.92 Å². The average molecular weight is 286 g/mol. The van der Waals surface area contributed by atoms with Gasteiger partial charge in [-0.2, -0.15) is 0 Å². The van der Waals surface area contributed by atoms with Crippen molar-refractivity contribution in [2.75, 3.05) is 25.5 Å². The minimum atomic E-state index is 0.0912. The summed E-state index contributed by atoms with van der Waals surface area (Å²) in [6, 6.07) is 8.33. The fourth-order valence-corrected chi connectivity index (χ4v) is 3.77. The first-order valence-corrected chi connectivity index (χ1v) is 8.31. The summed E-state index contributed by atoms with van der Waals surface area (Å²) in [5.41, 5.74) is 2.46. The Kier molecular flexibility index (Phi) is 4.47. The molecule has 1 aromatic rings. The molecule has 0 spiro atoms. The molecule has 21 heavy (non-hydrogen) atoms. The van der Waals surface area contributed by atoms with E-state index in [1.54, 1.807) is 0 Å². The molecule has 3 heteroatoms. The minimum Gasteiger partial charge on any atom is -0.384 e. The smallest absolute Gasteiger partial charge is 0.227 e. The number of amides is 1. The molecule has 1 fully saturated rings. The van der Waals surface area contributed by atoms with Crippen molar-refractivity contribution in [1.29, 1.82) is 0 Å². The second-order valence-electron chi connectivity index (χ2n) is 6.66. The molecule has 1 heterocycles. The van der Waals surface area contributed by atoms with Crippen LogP contribution in [0.1, 0.15) is 37.7 Å². The van der Waals surface area contributed by atoms with E-state index in [0.717, 1.165) is 25.4 Å². The zero-order chi connectivity index (χ0) is 14.7. The summed E-state index contributed by atoms with van der Waals surface area (Å²) in [7, 11) is 1.98. The van der Waals surface area contributed by atoms with Gasteiger partial charge in [0.2, 0.25) is 5.91 Å². The molecular weight excluding hydrogens is 260 g/mol. The third-order valence-corrected chi connectivity index (χ3v) is 5.00. The Bertz CT molecular complexity index is 494. The summed E-state index contributed by atoms with van der Waals surface area (Å²) in [6.45, 7) is 1.71. The van der Waals surface area contributed by atoms with Crippen LogP contribution < -0.4 is 5.32 Å². The average Bonchev–Trinajstić information content (AvgIpc) is 2.54. The summed E-state index contributed by atoms with van der Waals surface area (Å²) >= 11 is 0. The van der Waals surface area contributed by atoms with Crippen LogP contribution in [0.5, 0.6) is 0 Å². The molecule has 1 saturated carbocycles.